The van der Waals surface area contributed by atoms with Crippen LogP contribution in [0.15, 0.2) is 48.7 Å². The Bertz CT molecular complexity index is 644. The SMILES string of the molecule is CC(C)C(O)CC(=O)NCc1ccnc(OCc2ccccc2)c1. The Kier molecular flexibility index (Phi) is 6.75. The molecule has 1 amide bonds. The first-order valence-electron chi connectivity index (χ1n) is 8.11. The highest BCUT2D eigenvalue weighted by molar-refractivity contribution is 5.76. The van der Waals surface area contributed by atoms with E-state index in [2.05, 4.69) is 10.3 Å². The average Bonchev–Trinajstić information content (AvgIpc) is 2.59. The maximum Gasteiger partial charge on any atom is 0.222 e. The van der Waals surface area contributed by atoms with Gasteiger partial charge in [0.2, 0.25) is 11.8 Å². The molecular weight excluding hydrogens is 304 g/mol. The van der Waals surface area contributed by atoms with Gasteiger partial charge < -0.3 is 15.2 Å². The van der Waals surface area contributed by atoms with Crippen LogP contribution in [-0.2, 0) is 17.9 Å². The third kappa shape index (κ3) is 6.01. The number of aliphatic hydroxyl groups excluding tert-OH is 1. The number of aliphatic hydroxyl groups is 1. The van der Waals surface area contributed by atoms with E-state index in [4.69, 9.17) is 4.74 Å². The molecule has 1 aromatic heterocycles. The summed E-state index contributed by atoms with van der Waals surface area (Å²) in [5.74, 6) is 0.419. The van der Waals surface area contributed by atoms with Gasteiger partial charge in [-0.15, -0.1) is 0 Å². The van der Waals surface area contributed by atoms with Crippen LogP contribution in [0.1, 0.15) is 31.4 Å². The van der Waals surface area contributed by atoms with Gasteiger partial charge in [0.25, 0.3) is 0 Å². The summed E-state index contributed by atoms with van der Waals surface area (Å²) in [7, 11) is 0. The first-order valence-corrected chi connectivity index (χ1v) is 8.11. The number of benzene rings is 1. The predicted octanol–water partition coefficient (Wildman–Crippen LogP) is 2.68. The van der Waals surface area contributed by atoms with Crippen LogP contribution < -0.4 is 10.1 Å². The number of hydrogen-bond acceptors (Lipinski definition) is 4. The Hall–Kier alpha value is -2.40. The molecule has 0 radical (unpaired) electrons. The second-order valence-corrected chi connectivity index (χ2v) is 6.07. The van der Waals surface area contributed by atoms with E-state index in [1.165, 1.54) is 0 Å². The van der Waals surface area contributed by atoms with Crippen molar-refractivity contribution in [1.82, 2.24) is 10.3 Å². The van der Waals surface area contributed by atoms with Crippen molar-refractivity contribution >= 4 is 5.91 Å². The topological polar surface area (TPSA) is 71.5 Å². The number of ether oxygens (including phenoxy) is 1. The molecule has 24 heavy (non-hydrogen) atoms. The molecule has 128 valence electrons. The molecular formula is C19H24N2O3. The zero-order chi connectivity index (χ0) is 17.4. The maximum atomic E-state index is 11.8. The van der Waals surface area contributed by atoms with E-state index in [1.54, 1.807) is 6.20 Å². The van der Waals surface area contributed by atoms with Gasteiger partial charge in [-0.2, -0.15) is 0 Å². The summed E-state index contributed by atoms with van der Waals surface area (Å²) in [5, 5.41) is 12.5. The minimum Gasteiger partial charge on any atom is -0.473 e. The van der Waals surface area contributed by atoms with Gasteiger partial charge in [-0.25, -0.2) is 4.98 Å². The highest BCUT2D eigenvalue weighted by Gasteiger charge is 2.14. The molecule has 1 atom stereocenters. The molecule has 2 rings (SSSR count). The van der Waals surface area contributed by atoms with E-state index in [0.717, 1.165) is 11.1 Å². The third-order valence-corrected chi connectivity index (χ3v) is 3.68. The highest BCUT2D eigenvalue weighted by Crippen LogP contribution is 2.12. The Morgan fingerprint density at radius 2 is 1.96 bits per heavy atom. The molecule has 0 saturated heterocycles. The summed E-state index contributed by atoms with van der Waals surface area (Å²) in [5.41, 5.74) is 1.97. The lowest BCUT2D eigenvalue weighted by Gasteiger charge is -2.14. The van der Waals surface area contributed by atoms with Crippen molar-refractivity contribution in [3.63, 3.8) is 0 Å². The molecule has 2 N–H and O–H groups in total. The van der Waals surface area contributed by atoms with Crippen LogP contribution in [0.4, 0.5) is 0 Å². The first kappa shape index (κ1) is 17.9. The molecule has 0 saturated carbocycles. The molecule has 0 aliphatic carbocycles. The van der Waals surface area contributed by atoms with Crippen LogP contribution in [-0.4, -0.2) is 22.1 Å². The van der Waals surface area contributed by atoms with Crippen molar-refractivity contribution in [3.8, 4) is 5.88 Å². The van der Waals surface area contributed by atoms with Gasteiger partial charge in [0.15, 0.2) is 0 Å². The zero-order valence-corrected chi connectivity index (χ0v) is 14.1. The molecule has 2 aromatic rings. The van der Waals surface area contributed by atoms with Crippen molar-refractivity contribution in [2.45, 2.75) is 39.5 Å². The highest BCUT2D eigenvalue weighted by atomic mass is 16.5. The summed E-state index contributed by atoms with van der Waals surface area (Å²) in [6.45, 7) is 4.60. The fraction of sp³-hybridized carbons (Fsp3) is 0.368. The number of carbonyl (C=O) groups is 1. The van der Waals surface area contributed by atoms with Gasteiger partial charge in [0, 0.05) is 18.8 Å². The standard InChI is InChI=1S/C19H24N2O3/c1-14(2)17(22)11-18(23)21-12-16-8-9-20-19(10-16)24-13-15-6-4-3-5-7-15/h3-10,14,17,22H,11-13H2,1-2H3,(H,21,23). The van der Waals surface area contributed by atoms with E-state index in [0.29, 0.717) is 19.0 Å². The maximum absolute atomic E-state index is 11.8. The quantitative estimate of drug-likeness (QED) is 0.781. The minimum atomic E-state index is -0.618. The van der Waals surface area contributed by atoms with E-state index >= 15 is 0 Å². The number of pyridine rings is 1. The van der Waals surface area contributed by atoms with Crippen molar-refractivity contribution in [1.29, 1.82) is 0 Å². The van der Waals surface area contributed by atoms with Crippen LogP contribution in [0.5, 0.6) is 5.88 Å². The van der Waals surface area contributed by atoms with E-state index in [9.17, 15) is 9.90 Å². The second kappa shape index (κ2) is 9.03. The third-order valence-electron chi connectivity index (χ3n) is 3.68. The van der Waals surface area contributed by atoms with Crippen LogP contribution in [0.3, 0.4) is 0 Å². The van der Waals surface area contributed by atoms with Crippen LogP contribution >= 0.6 is 0 Å². The predicted molar refractivity (Wildman–Crippen MR) is 92.3 cm³/mol. The molecule has 5 heteroatoms. The van der Waals surface area contributed by atoms with Crippen molar-refractivity contribution < 1.29 is 14.6 Å². The Labute approximate surface area is 142 Å². The van der Waals surface area contributed by atoms with Gasteiger partial charge in [-0.1, -0.05) is 44.2 Å². The Balaban J connectivity index is 1.83. The number of nitrogens with zero attached hydrogens (tertiary/aromatic N) is 1. The van der Waals surface area contributed by atoms with Crippen LogP contribution in [0.2, 0.25) is 0 Å². The molecule has 1 aromatic carbocycles. The molecule has 0 spiro atoms. The first-order chi connectivity index (χ1) is 11.5. The number of nitrogens with one attached hydrogen (secondary N) is 1. The lowest BCUT2D eigenvalue weighted by molar-refractivity contribution is -0.123. The lowest BCUT2D eigenvalue weighted by Crippen LogP contribution is -2.29. The normalized spacial score (nSPS) is 12.0. The van der Waals surface area contributed by atoms with E-state index in [1.807, 2.05) is 56.3 Å². The fourth-order valence-corrected chi connectivity index (χ4v) is 2.07. The summed E-state index contributed by atoms with van der Waals surface area (Å²) in [6.07, 6.45) is 1.15. The van der Waals surface area contributed by atoms with Gasteiger partial charge in [0.05, 0.1) is 12.5 Å². The molecule has 1 heterocycles. The number of hydrogen-bond donors (Lipinski definition) is 2. The van der Waals surface area contributed by atoms with Crippen molar-refractivity contribution in [2.24, 2.45) is 5.92 Å². The van der Waals surface area contributed by atoms with Gasteiger partial charge in [-0.3, -0.25) is 4.79 Å². The van der Waals surface area contributed by atoms with Gasteiger partial charge in [-0.05, 0) is 23.1 Å². The average molecular weight is 328 g/mol. The smallest absolute Gasteiger partial charge is 0.222 e. The zero-order valence-electron chi connectivity index (χ0n) is 14.1. The van der Waals surface area contributed by atoms with E-state index in [-0.39, 0.29) is 18.2 Å². The summed E-state index contributed by atoms with van der Waals surface area (Å²) in [6, 6.07) is 13.5. The number of amides is 1. The summed E-state index contributed by atoms with van der Waals surface area (Å²) < 4.78 is 5.67. The molecule has 0 aliphatic heterocycles. The largest absolute Gasteiger partial charge is 0.473 e. The number of aromatic nitrogens is 1. The molecule has 1 unspecified atom stereocenters. The van der Waals surface area contributed by atoms with E-state index < -0.39 is 6.10 Å². The van der Waals surface area contributed by atoms with Crippen molar-refractivity contribution in [2.75, 3.05) is 0 Å². The second-order valence-electron chi connectivity index (χ2n) is 6.07. The van der Waals surface area contributed by atoms with Crippen molar-refractivity contribution in [3.05, 3.63) is 59.8 Å². The number of rotatable bonds is 8. The molecule has 0 aliphatic rings. The summed E-state index contributed by atoms with van der Waals surface area (Å²) in [4.78, 5) is 16.0. The van der Waals surface area contributed by atoms with Gasteiger partial charge in [0.1, 0.15) is 6.61 Å². The fourth-order valence-electron chi connectivity index (χ4n) is 2.07. The lowest BCUT2D eigenvalue weighted by atomic mass is 10.0. The monoisotopic (exact) mass is 328 g/mol. The molecule has 0 bridgehead atoms. The van der Waals surface area contributed by atoms with Gasteiger partial charge >= 0.3 is 0 Å². The summed E-state index contributed by atoms with van der Waals surface area (Å²) >= 11 is 0. The van der Waals surface area contributed by atoms with Crippen LogP contribution in [0, 0.1) is 5.92 Å². The minimum absolute atomic E-state index is 0.0645. The Morgan fingerprint density at radius 1 is 1.21 bits per heavy atom. The molecule has 5 nitrogen and oxygen atoms in total. The molecule has 0 fully saturated rings. The number of carbonyl (C=O) groups excluding carboxylic acids is 1. The Morgan fingerprint density at radius 3 is 2.67 bits per heavy atom. The van der Waals surface area contributed by atoms with Crippen LogP contribution in [0.25, 0.3) is 0 Å².